The average molecular weight is 407 g/mol. The molecule has 0 aliphatic carbocycles. The lowest BCUT2D eigenvalue weighted by Crippen LogP contribution is -2.48. The second-order valence-electron chi connectivity index (χ2n) is 6.35. The van der Waals surface area contributed by atoms with Gasteiger partial charge in [0, 0.05) is 25.0 Å². The maximum absolute atomic E-state index is 13.4. The summed E-state index contributed by atoms with van der Waals surface area (Å²) in [4.78, 5) is 26.5. The first-order valence-corrected chi connectivity index (χ1v) is 9.86. The number of nitro benzene ring substituents is 1. The van der Waals surface area contributed by atoms with Crippen molar-refractivity contribution in [3.8, 4) is 0 Å². The van der Waals surface area contributed by atoms with E-state index in [9.17, 15) is 23.3 Å². The number of aromatic nitrogens is 1. The Morgan fingerprint density at radius 2 is 1.93 bits per heavy atom. The molecule has 2 rings (SSSR count). The quantitative estimate of drug-likeness (QED) is 0.374. The van der Waals surface area contributed by atoms with Gasteiger partial charge in [-0.2, -0.15) is 4.31 Å². The highest BCUT2D eigenvalue weighted by molar-refractivity contribution is 7.89. The number of benzene rings is 1. The van der Waals surface area contributed by atoms with E-state index in [1.807, 2.05) is 0 Å². The summed E-state index contributed by atoms with van der Waals surface area (Å²) >= 11 is 0. The van der Waals surface area contributed by atoms with E-state index in [1.54, 1.807) is 26.0 Å². The number of para-hydroxylation sites is 1. The van der Waals surface area contributed by atoms with E-state index in [4.69, 9.17) is 4.74 Å². The Morgan fingerprint density at radius 1 is 1.25 bits per heavy atom. The molecule has 0 unspecified atom stereocenters. The highest BCUT2D eigenvalue weighted by Crippen LogP contribution is 2.30. The van der Waals surface area contributed by atoms with Crippen LogP contribution in [0.4, 0.5) is 5.69 Å². The predicted octanol–water partition coefficient (Wildman–Crippen LogP) is 2.38. The van der Waals surface area contributed by atoms with Crippen LogP contribution in [0.1, 0.15) is 19.4 Å². The molecule has 2 aromatic rings. The molecule has 1 aromatic heterocycles. The standard InChI is InChI=1S/C18H21N3O6S/c1-13(2)17(18(22)27-3)20(12-14-7-6-10-19-11-14)28(25,26)16-9-5-4-8-15(16)21(23)24/h4-11,13,17H,12H2,1-3H3/t17-/m1/s1. The van der Waals surface area contributed by atoms with E-state index < -0.39 is 43.5 Å². The molecule has 0 spiro atoms. The number of sulfonamides is 1. The van der Waals surface area contributed by atoms with Crippen molar-refractivity contribution in [1.29, 1.82) is 0 Å². The third kappa shape index (κ3) is 4.52. The fourth-order valence-electron chi connectivity index (χ4n) is 2.80. The number of nitrogens with zero attached hydrogens (tertiary/aromatic N) is 3. The lowest BCUT2D eigenvalue weighted by molar-refractivity contribution is -0.387. The summed E-state index contributed by atoms with van der Waals surface area (Å²) < 4.78 is 32.6. The Balaban J connectivity index is 2.66. The lowest BCUT2D eigenvalue weighted by atomic mass is 10.0. The summed E-state index contributed by atoms with van der Waals surface area (Å²) in [5, 5.41) is 11.4. The molecule has 1 atom stereocenters. The minimum absolute atomic E-state index is 0.194. The van der Waals surface area contributed by atoms with Crippen LogP contribution in [0.2, 0.25) is 0 Å². The fraction of sp³-hybridized carbons (Fsp3) is 0.333. The minimum atomic E-state index is -4.41. The lowest BCUT2D eigenvalue weighted by Gasteiger charge is -2.31. The van der Waals surface area contributed by atoms with Crippen molar-refractivity contribution >= 4 is 21.7 Å². The number of carbonyl (C=O) groups is 1. The van der Waals surface area contributed by atoms with Crippen molar-refractivity contribution in [2.24, 2.45) is 5.92 Å². The van der Waals surface area contributed by atoms with Gasteiger partial charge in [0.15, 0.2) is 4.90 Å². The molecule has 10 heteroatoms. The highest BCUT2D eigenvalue weighted by Gasteiger charge is 2.41. The number of rotatable bonds is 8. The first-order chi connectivity index (χ1) is 13.2. The first-order valence-electron chi connectivity index (χ1n) is 8.42. The molecule has 0 amide bonds. The second-order valence-corrected chi connectivity index (χ2v) is 8.21. The van der Waals surface area contributed by atoms with E-state index in [0.29, 0.717) is 5.56 Å². The van der Waals surface area contributed by atoms with E-state index in [-0.39, 0.29) is 6.54 Å². The molecule has 0 aliphatic heterocycles. The zero-order valence-electron chi connectivity index (χ0n) is 15.7. The van der Waals surface area contributed by atoms with Crippen LogP contribution in [-0.2, 0) is 26.1 Å². The molecule has 0 N–H and O–H groups in total. The number of ether oxygens (including phenoxy) is 1. The van der Waals surface area contributed by atoms with Gasteiger partial charge in [-0.1, -0.05) is 32.0 Å². The van der Waals surface area contributed by atoms with E-state index in [2.05, 4.69) is 4.98 Å². The van der Waals surface area contributed by atoms with Crippen LogP contribution in [0.3, 0.4) is 0 Å². The average Bonchev–Trinajstić information content (AvgIpc) is 2.67. The largest absolute Gasteiger partial charge is 0.468 e. The van der Waals surface area contributed by atoms with Gasteiger partial charge in [0.2, 0.25) is 0 Å². The van der Waals surface area contributed by atoms with Gasteiger partial charge in [-0.3, -0.25) is 19.9 Å². The van der Waals surface area contributed by atoms with Gasteiger partial charge in [0.25, 0.3) is 15.7 Å². The van der Waals surface area contributed by atoms with Crippen LogP contribution in [0, 0.1) is 16.0 Å². The smallest absolute Gasteiger partial charge is 0.324 e. The van der Waals surface area contributed by atoms with Crippen molar-refractivity contribution in [3.05, 3.63) is 64.5 Å². The molecular weight excluding hydrogens is 386 g/mol. The number of esters is 1. The maximum Gasteiger partial charge on any atom is 0.324 e. The van der Waals surface area contributed by atoms with Gasteiger partial charge in [0.1, 0.15) is 6.04 Å². The van der Waals surface area contributed by atoms with Gasteiger partial charge < -0.3 is 4.74 Å². The summed E-state index contributed by atoms with van der Waals surface area (Å²) in [5.74, 6) is -1.19. The second kappa shape index (κ2) is 8.89. The summed E-state index contributed by atoms with van der Waals surface area (Å²) in [5.41, 5.74) is -0.0368. The van der Waals surface area contributed by atoms with Crippen molar-refractivity contribution in [2.75, 3.05) is 7.11 Å². The van der Waals surface area contributed by atoms with Crippen LogP contribution >= 0.6 is 0 Å². The monoisotopic (exact) mass is 407 g/mol. The fourth-order valence-corrected chi connectivity index (χ4v) is 4.66. The molecule has 0 saturated heterocycles. The Morgan fingerprint density at radius 3 is 2.46 bits per heavy atom. The van der Waals surface area contributed by atoms with Gasteiger partial charge in [-0.05, 0) is 23.6 Å². The predicted molar refractivity (Wildman–Crippen MR) is 101 cm³/mol. The molecule has 28 heavy (non-hydrogen) atoms. The van der Waals surface area contributed by atoms with E-state index in [1.165, 1.54) is 24.5 Å². The van der Waals surface area contributed by atoms with Crippen LogP contribution in [0.5, 0.6) is 0 Å². The first kappa shape index (κ1) is 21.5. The number of methoxy groups -OCH3 is 1. The third-order valence-electron chi connectivity index (χ3n) is 4.09. The Kier molecular flexibility index (Phi) is 6.81. The molecule has 0 bridgehead atoms. The minimum Gasteiger partial charge on any atom is -0.468 e. The molecule has 1 aromatic carbocycles. The number of carbonyl (C=O) groups excluding carboxylic acids is 1. The number of hydrogen-bond donors (Lipinski definition) is 0. The molecule has 0 fully saturated rings. The summed E-state index contributed by atoms with van der Waals surface area (Å²) in [6.45, 7) is 3.15. The Labute approximate surface area is 163 Å². The molecule has 0 saturated carbocycles. The van der Waals surface area contributed by atoms with Crippen LogP contribution in [0.25, 0.3) is 0 Å². The zero-order chi connectivity index (χ0) is 20.9. The number of pyridine rings is 1. The molecule has 0 radical (unpaired) electrons. The van der Waals surface area contributed by atoms with Gasteiger partial charge in [0.05, 0.1) is 12.0 Å². The SMILES string of the molecule is COC(=O)[C@@H](C(C)C)N(Cc1cccnc1)S(=O)(=O)c1ccccc1[N+](=O)[O-]. The van der Waals surface area contributed by atoms with Gasteiger partial charge in [-0.15, -0.1) is 0 Å². The topological polar surface area (TPSA) is 120 Å². The summed E-state index contributed by atoms with van der Waals surface area (Å²) in [7, 11) is -3.25. The molecule has 0 aliphatic rings. The van der Waals surface area contributed by atoms with E-state index >= 15 is 0 Å². The maximum atomic E-state index is 13.4. The Bertz CT molecular complexity index is 947. The van der Waals surface area contributed by atoms with Crippen LogP contribution in [0.15, 0.2) is 53.7 Å². The van der Waals surface area contributed by atoms with Crippen molar-refractivity contribution in [1.82, 2.24) is 9.29 Å². The van der Waals surface area contributed by atoms with Crippen molar-refractivity contribution in [3.63, 3.8) is 0 Å². The summed E-state index contributed by atoms with van der Waals surface area (Å²) in [6.07, 6.45) is 3.00. The molecule has 1 heterocycles. The highest BCUT2D eigenvalue weighted by atomic mass is 32.2. The summed E-state index contributed by atoms with van der Waals surface area (Å²) in [6, 6.07) is 7.15. The Hall–Kier alpha value is -2.85. The normalized spacial score (nSPS) is 12.8. The van der Waals surface area contributed by atoms with Crippen molar-refractivity contribution < 1.29 is 22.9 Å². The van der Waals surface area contributed by atoms with Crippen LogP contribution < -0.4 is 0 Å². The molecule has 150 valence electrons. The molecular formula is C18H21N3O6S. The van der Waals surface area contributed by atoms with E-state index in [0.717, 1.165) is 23.5 Å². The third-order valence-corrected chi connectivity index (χ3v) is 5.97. The molecule has 9 nitrogen and oxygen atoms in total. The van der Waals surface area contributed by atoms with Gasteiger partial charge >= 0.3 is 5.97 Å². The number of nitro groups is 1. The van der Waals surface area contributed by atoms with Crippen LogP contribution in [-0.4, -0.2) is 41.8 Å². The van der Waals surface area contributed by atoms with Gasteiger partial charge in [-0.25, -0.2) is 8.42 Å². The van der Waals surface area contributed by atoms with Crippen molar-refractivity contribution in [2.45, 2.75) is 31.3 Å². The zero-order valence-corrected chi connectivity index (χ0v) is 16.5. The number of hydrogen-bond acceptors (Lipinski definition) is 7.